The second kappa shape index (κ2) is 5.58. The monoisotopic (exact) mass is 320 g/mol. The minimum atomic E-state index is 0.171. The average Bonchev–Trinajstić information content (AvgIpc) is 2.97. The van der Waals surface area contributed by atoms with Crippen molar-refractivity contribution in [2.75, 3.05) is 7.05 Å². The van der Waals surface area contributed by atoms with Crippen LogP contribution in [0.25, 0.3) is 17.0 Å². The zero-order valence-electron chi connectivity index (χ0n) is 11.5. The van der Waals surface area contributed by atoms with Crippen LogP contribution in [0.15, 0.2) is 36.0 Å². The molecule has 3 rings (SSSR count). The van der Waals surface area contributed by atoms with Crippen LogP contribution in [0.5, 0.6) is 0 Å². The number of hydrogen-bond donors (Lipinski definition) is 1. The number of rotatable bonds is 2. The van der Waals surface area contributed by atoms with Gasteiger partial charge in [0.05, 0.1) is 10.0 Å². The van der Waals surface area contributed by atoms with Crippen molar-refractivity contribution >= 4 is 46.1 Å². The smallest absolute Gasteiger partial charge is 0.226 e. The van der Waals surface area contributed by atoms with Crippen molar-refractivity contribution in [2.45, 2.75) is 12.8 Å². The molecule has 108 valence electrons. The summed E-state index contributed by atoms with van der Waals surface area (Å²) in [7, 11) is 1.81. The molecular formula is C16H14Cl2N2O. The third-order valence-electron chi connectivity index (χ3n) is 3.65. The maximum atomic E-state index is 11.4. The van der Waals surface area contributed by atoms with Gasteiger partial charge in [-0.1, -0.05) is 29.3 Å². The highest BCUT2D eigenvalue weighted by molar-refractivity contribution is 6.42. The molecule has 1 saturated heterocycles. The predicted molar refractivity (Wildman–Crippen MR) is 87.4 cm³/mol. The molecule has 0 unspecified atom stereocenters. The number of fused-ring (bicyclic) bond motifs is 1. The summed E-state index contributed by atoms with van der Waals surface area (Å²) in [4.78, 5) is 16.4. The number of aromatic amines is 1. The number of nitrogens with one attached hydrogen (secondary N) is 1. The van der Waals surface area contributed by atoms with Gasteiger partial charge in [0, 0.05) is 35.8 Å². The van der Waals surface area contributed by atoms with E-state index in [1.165, 1.54) is 0 Å². The van der Waals surface area contributed by atoms with Gasteiger partial charge in [0.15, 0.2) is 0 Å². The third kappa shape index (κ3) is 2.85. The summed E-state index contributed by atoms with van der Waals surface area (Å²) in [6, 6.07) is 5.67. The fourth-order valence-electron chi connectivity index (χ4n) is 2.43. The maximum Gasteiger partial charge on any atom is 0.226 e. The Morgan fingerprint density at radius 3 is 2.67 bits per heavy atom. The zero-order chi connectivity index (χ0) is 15.0. The summed E-state index contributed by atoms with van der Waals surface area (Å²) < 4.78 is 0. The molecule has 1 aromatic heterocycles. The van der Waals surface area contributed by atoms with Crippen LogP contribution in [0, 0.1) is 0 Å². The van der Waals surface area contributed by atoms with E-state index in [4.69, 9.17) is 23.2 Å². The topological polar surface area (TPSA) is 36.1 Å². The van der Waals surface area contributed by atoms with Crippen LogP contribution in [-0.4, -0.2) is 22.8 Å². The van der Waals surface area contributed by atoms with E-state index in [0.29, 0.717) is 16.5 Å². The number of benzene rings is 1. The quantitative estimate of drug-likeness (QED) is 0.860. The first-order valence-corrected chi connectivity index (χ1v) is 7.42. The molecule has 1 amide bonds. The van der Waals surface area contributed by atoms with Crippen LogP contribution in [-0.2, 0) is 4.79 Å². The molecule has 0 atom stereocenters. The molecule has 0 bridgehead atoms. The van der Waals surface area contributed by atoms with Gasteiger partial charge >= 0.3 is 0 Å². The van der Waals surface area contributed by atoms with Gasteiger partial charge in [-0.25, -0.2) is 0 Å². The van der Waals surface area contributed by atoms with Gasteiger partial charge in [0.2, 0.25) is 5.91 Å². The van der Waals surface area contributed by atoms with Gasteiger partial charge < -0.3 is 9.88 Å². The van der Waals surface area contributed by atoms with E-state index in [1.807, 2.05) is 43.5 Å². The fraction of sp³-hybridized carbons (Fsp3) is 0.188. The molecule has 0 aliphatic carbocycles. The first-order valence-electron chi connectivity index (χ1n) is 6.66. The standard InChI is InChI=1S/C16H14Cl2N2O/c1-20-12(5-6-16(20)21)4-2-3-11-7-10-8-13(17)14(18)9-15(10)19-11/h2-4,7-9,19H,5-6H2,1H3/b3-2+,12-4-. The Hall–Kier alpha value is -1.71. The number of carbonyl (C=O) groups is 1. The molecule has 1 N–H and O–H groups in total. The highest BCUT2D eigenvalue weighted by Gasteiger charge is 2.20. The molecule has 0 spiro atoms. The molecule has 1 aliphatic heterocycles. The van der Waals surface area contributed by atoms with Gasteiger partial charge in [-0.2, -0.15) is 0 Å². The highest BCUT2D eigenvalue weighted by atomic mass is 35.5. The zero-order valence-corrected chi connectivity index (χ0v) is 13.0. The van der Waals surface area contributed by atoms with E-state index in [9.17, 15) is 4.79 Å². The van der Waals surface area contributed by atoms with Crippen molar-refractivity contribution in [2.24, 2.45) is 0 Å². The van der Waals surface area contributed by atoms with E-state index in [2.05, 4.69) is 4.98 Å². The molecular weight excluding hydrogens is 307 g/mol. The number of likely N-dealkylation sites (tertiary alicyclic amines) is 1. The minimum absolute atomic E-state index is 0.171. The molecule has 0 radical (unpaired) electrons. The first kappa shape index (κ1) is 14.2. The molecule has 2 aromatic rings. The van der Waals surface area contributed by atoms with E-state index < -0.39 is 0 Å². The second-order valence-electron chi connectivity index (χ2n) is 5.05. The van der Waals surface area contributed by atoms with Crippen LogP contribution in [0.1, 0.15) is 18.5 Å². The molecule has 0 saturated carbocycles. The number of amides is 1. The largest absolute Gasteiger partial charge is 0.355 e. The first-order chi connectivity index (χ1) is 10.0. The van der Waals surface area contributed by atoms with Crippen LogP contribution in [0.2, 0.25) is 10.0 Å². The van der Waals surface area contributed by atoms with E-state index in [1.54, 1.807) is 4.90 Å². The van der Waals surface area contributed by atoms with Gasteiger partial charge in [-0.05, 0) is 36.8 Å². The van der Waals surface area contributed by atoms with Crippen molar-refractivity contribution in [1.82, 2.24) is 9.88 Å². The van der Waals surface area contributed by atoms with Gasteiger partial charge in [-0.3, -0.25) is 4.79 Å². The Morgan fingerprint density at radius 2 is 1.95 bits per heavy atom. The van der Waals surface area contributed by atoms with Gasteiger partial charge in [0.1, 0.15) is 0 Å². The summed E-state index contributed by atoms with van der Waals surface area (Å²) in [6.07, 6.45) is 7.28. The van der Waals surface area contributed by atoms with E-state index in [0.717, 1.165) is 28.7 Å². The summed E-state index contributed by atoms with van der Waals surface area (Å²) in [6.45, 7) is 0. The normalized spacial score (nSPS) is 17.8. The Labute approximate surface area is 132 Å². The molecule has 21 heavy (non-hydrogen) atoms. The SMILES string of the molecule is CN1C(=O)CC/C1=C/C=C/c1cc2cc(Cl)c(Cl)cc2[nH]1. The molecule has 5 heteroatoms. The van der Waals surface area contributed by atoms with Crippen molar-refractivity contribution in [3.63, 3.8) is 0 Å². The highest BCUT2D eigenvalue weighted by Crippen LogP contribution is 2.28. The van der Waals surface area contributed by atoms with Crippen molar-refractivity contribution in [1.29, 1.82) is 0 Å². The molecule has 1 aromatic carbocycles. The van der Waals surface area contributed by atoms with Crippen LogP contribution in [0.4, 0.5) is 0 Å². The second-order valence-corrected chi connectivity index (χ2v) is 5.86. The minimum Gasteiger partial charge on any atom is -0.355 e. The van der Waals surface area contributed by atoms with Crippen molar-refractivity contribution < 1.29 is 4.79 Å². The Morgan fingerprint density at radius 1 is 1.19 bits per heavy atom. The third-order valence-corrected chi connectivity index (χ3v) is 4.37. The predicted octanol–water partition coefficient (Wildman–Crippen LogP) is 4.62. The Balaban J connectivity index is 1.83. The lowest BCUT2D eigenvalue weighted by Gasteiger charge is -2.08. The van der Waals surface area contributed by atoms with Gasteiger partial charge in [0.25, 0.3) is 0 Å². The number of carbonyl (C=O) groups excluding carboxylic acids is 1. The summed E-state index contributed by atoms with van der Waals surface area (Å²) >= 11 is 12.0. The molecule has 1 fully saturated rings. The lowest BCUT2D eigenvalue weighted by Crippen LogP contribution is -2.16. The summed E-state index contributed by atoms with van der Waals surface area (Å²) in [5.74, 6) is 0.171. The number of allylic oxidation sites excluding steroid dienone is 3. The molecule has 1 aliphatic rings. The Bertz CT molecular complexity index is 735. The number of H-pyrrole nitrogens is 1. The van der Waals surface area contributed by atoms with Crippen molar-refractivity contribution in [3.8, 4) is 0 Å². The van der Waals surface area contributed by atoms with Crippen LogP contribution < -0.4 is 0 Å². The average molecular weight is 321 g/mol. The molecule has 2 heterocycles. The lowest BCUT2D eigenvalue weighted by molar-refractivity contribution is -0.125. The fourth-order valence-corrected chi connectivity index (χ4v) is 2.76. The maximum absolute atomic E-state index is 11.4. The van der Waals surface area contributed by atoms with Gasteiger partial charge in [-0.15, -0.1) is 0 Å². The van der Waals surface area contributed by atoms with E-state index >= 15 is 0 Å². The lowest BCUT2D eigenvalue weighted by atomic mass is 10.2. The van der Waals surface area contributed by atoms with Crippen molar-refractivity contribution in [3.05, 3.63) is 51.8 Å². The van der Waals surface area contributed by atoms with Crippen LogP contribution in [0.3, 0.4) is 0 Å². The number of hydrogen-bond acceptors (Lipinski definition) is 1. The number of halogens is 2. The van der Waals surface area contributed by atoms with E-state index in [-0.39, 0.29) is 5.91 Å². The number of aromatic nitrogens is 1. The van der Waals surface area contributed by atoms with Crippen LogP contribution >= 0.6 is 23.2 Å². The molecule has 3 nitrogen and oxygen atoms in total. The Kier molecular flexibility index (Phi) is 3.79. The number of nitrogens with zero attached hydrogens (tertiary/aromatic N) is 1. The summed E-state index contributed by atoms with van der Waals surface area (Å²) in [5, 5.41) is 2.10. The summed E-state index contributed by atoms with van der Waals surface area (Å²) in [5.41, 5.74) is 2.95.